The van der Waals surface area contributed by atoms with E-state index < -0.39 is 4.92 Å². The summed E-state index contributed by atoms with van der Waals surface area (Å²) in [5.74, 6) is 0.357. The number of aromatic nitrogens is 2. The molecule has 8 heteroatoms. The van der Waals surface area contributed by atoms with Crippen molar-refractivity contribution in [2.75, 3.05) is 0 Å². The quantitative estimate of drug-likeness (QED) is 0.242. The highest BCUT2D eigenvalue weighted by Crippen LogP contribution is 2.27. The van der Waals surface area contributed by atoms with Gasteiger partial charge in [-0.15, -0.1) is 0 Å². The fraction of sp³-hybridized carbons (Fsp3) is 0. The molecule has 0 aliphatic heterocycles. The van der Waals surface area contributed by atoms with Crippen LogP contribution in [0.1, 0.15) is 11.4 Å². The fourth-order valence-corrected chi connectivity index (χ4v) is 3.88. The first-order chi connectivity index (χ1) is 14.5. The molecule has 0 saturated carbocycles. The lowest BCUT2D eigenvalue weighted by Gasteiger charge is -2.13. The summed E-state index contributed by atoms with van der Waals surface area (Å²) in [4.78, 5) is 28.9. The van der Waals surface area contributed by atoms with Crippen molar-refractivity contribution in [1.82, 2.24) is 9.55 Å². The Hall–Kier alpha value is -3.10. The molecule has 0 saturated heterocycles. The van der Waals surface area contributed by atoms with Gasteiger partial charge in [0.1, 0.15) is 5.82 Å². The number of hydrogen-bond donors (Lipinski definition) is 0. The smallest absolute Gasteiger partial charge is 0.268 e. The van der Waals surface area contributed by atoms with E-state index in [0.717, 1.165) is 4.47 Å². The Bertz CT molecular complexity index is 1380. The number of nitro groups is 1. The largest absolute Gasteiger partial charge is 0.276 e. The number of hydrogen-bond acceptors (Lipinski definition) is 4. The van der Waals surface area contributed by atoms with Gasteiger partial charge in [-0.2, -0.15) is 0 Å². The normalized spacial score (nSPS) is 11.3. The second-order valence-electron chi connectivity index (χ2n) is 6.37. The van der Waals surface area contributed by atoms with Crippen LogP contribution in [0.15, 0.2) is 80.5 Å². The zero-order valence-corrected chi connectivity index (χ0v) is 18.5. The monoisotopic (exact) mass is 525 g/mol. The highest BCUT2D eigenvalue weighted by molar-refractivity contribution is 9.11. The van der Waals surface area contributed by atoms with Gasteiger partial charge in [0.25, 0.3) is 11.2 Å². The Balaban J connectivity index is 1.99. The van der Waals surface area contributed by atoms with Crippen molar-refractivity contribution in [3.8, 4) is 5.69 Å². The van der Waals surface area contributed by atoms with E-state index in [1.54, 1.807) is 48.6 Å². The third kappa shape index (κ3) is 3.83. The van der Waals surface area contributed by atoms with E-state index >= 15 is 0 Å². The minimum atomic E-state index is -0.439. The summed E-state index contributed by atoms with van der Waals surface area (Å²) in [5, 5.41) is 11.8. The Morgan fingerprint density at radius 2 is 1.70 bits per heavy atom. The fourth-order valence-electron chi connectivity index (χ4n) is 3.11. The zero-order valence-electron chi connectivity index (χ0n) is 15.3. The van der Waals surface area contributed by atoms with Crippen LogP contribution in [0.2, 0.25) is 0 Å². The van der Waals surface area contributed by atoms with Gasteiger partial charge in [0.15, 0.2) is 0 Å². The SMILES string of the molecule is O=c1c2ccccc2nc(C=Cc2ccccc2[N+](=O)[O-])n1-c1cc(Br)ccc1Br. The minimum absolute atomic E-state index is 0.0212. The third-order valence-corrected chi connectivity index (χ3v) is 5.66. The first-order valence-corrected chi connectivity index (χ1v) is 10.4. The molecule has 30 heavy (non-hydrogen) atoms. The van der Waals surface area contributed by atoms with Crippen LogP contribution in [0.25, 0.3) is 28.7 Å². The van der Waals surface area contributed by atoms with Crippen LogP contribution < -0.4 is 5.56 Å². The molecular formula is C22H13Br2N3O3. The van der Waals surface area contributed by atoms with E-state index in [9.17, 15) is 14.9 Å². The summed E-state index contributed by atoms with van der Waals surface area (Å²) in [7, 11) is 0. The molecule has 0 unspecified atom stereocenters. The Kier molecular flexibility index (Phi) is 5.61. The van der Waals surface area contributed by atoms with Crippen LogP contribution in [0.3, 0.4) is 0 Å². The number of fused-ring (bicyclic) bond motifs is 1. The van der Waals surface area contributed by atoms with Crippen LogP contribution in [0, 0.1) is 10.1 Å². The Morgan fingerprint density at radius 1 is 0.967 bits per heavy atom. The lowest BCUT2D eigenvalue weighted by Crippen LogP contribution is -2.22. The first kappa shape index (κ1) is 20.2. The van der Waals surface area contributed by atoms with E-state index in [0.29, 0.717) is 32.5 Å². The number of halogens is 2. The predicted octanol–water partition coefficient (Wildman–Crippen LogP) is 5.99. The maximum absolute atomic E-state index is 13.3. The van der Waals surface area contributed by atoms with Crippen LogP contribution in [-0.4, -0.2) is 14.5 Å². The van der Waals surface area contributed by atoms with Crippen molar-refractivity contribution in [2.24, 2.45) is 0 Å². The van der Waals surface area contributed by atoms with E-state index in [1.807, 2.05) is 24.3 Å². The topological polar surface area (TPSA) is 78.0 Å². The second-order valence-corrected chi connectivity index (χ2v) is 8.14. The molecule has 0 aliphatic carbocycles. The minimum Gasteiger partial charge on any atom is -0.268 e. The molecule has 148 valence electrons. The molecule has 0 aliphatic rings. The van der Waals surface area contributed by atoms with Gasteiger partial charge >= 0.3 is 0 Å². The van der Waals surface area contributed by atoms with Crippen molar-refractivity contribution in [3.05, 3.63) is 108 Å². The van der Waals surface area contributed by atoms with Crippen LogP contribution >= 0.6 is 31.9 Å². The van der Waals surface area contributed by atoms with Crippen molar-refractivity contribution >= 4 is 60.6 Å². The standard InChI is InChI=1S/C22H13Br2N3O3/c23-15-10-11-17(24)20(13-15)26-21(25-18-7-3-2-6-16(18)22(26)28)12-9-14-5-1-4-8-19(14)27(29)30/h1-13H. The van der Waals surface area contributed by atoms with E-state index in [1.165, 1.54) is 10.6 Å². The van der Waals surface area contributed by atoms with Crippen molar-refractivity contribution in [3.63, 3.8) is 0 Å². The molecule has 0 radical (unpaired) electrons. The maximum Gasteiger partial charge on any atom is 0.276 e. The average molecular weight is 527 g/mol. The molecule has 4 aromatic rings. The van der Waals surface area contributed by atoms with E-state index in [2.05, 4.69) is 36.8 Å². The highest BCUT2D eigenvalue weighted by atomic mass is 79.9. The average Bonchev–Trinajstić information content (AvgIpc) is 2.74. The number of rotatable bonds is 4. The second kappa shape index (κ2) is 8.33. The van der Waals surface area contributed by atoms with Crippen LogP contribution in [0.5, 0.6) is 0 Å². The summed E-state index contributed by atoms with van der Waals surface area (Å²) < 4.78 is 3.00. The van der Waals surface area contributed by atoms with E-state index in [-0.39, 0.29) is 11.2 Å². The molecular weight excluding hydrogens is 514 g/mol. The van der Waals surface area contributed by atoms with E-state index in [4.69, 9.17) is 0 Å². The summed E-state index contributed by atoms with van der Waals surface area (Å²) in [6.45, 7) is 0. The predicted molar refractivity (Wildman–Crippen MR) is 125 cm³/mol. The van der Waals surface area contributed by atoms with Gasteiger partial charge in [-0.05, 0) is 64.5 Å². The Labute approximate surface area is 187 Å². The Morgan fingerprint density at radius 3 is 2.50 bits per heavy atom. The molecule has 4 rings (SSSR count). The molecule has 1 heterocycles. The maximum atomic E-state index is 13.3. The molecule has 3 aromatic carbocycles. The van der Waals surface area contributed by atoms with Crippen molar-refractivity contribution in [2.45, 2.75) is 0 Å². The molecule has 0 spiro atoms. The number of nitro benzene ring substituents is 1. The molecule has 0 bridgehead atoms. The zero-order chi connectivity index (χ0) is 21.3. The van der Waals surface area contributed by atoms with Gasteiger partial charge in [0.05, 0.1) is 27.1 Å². The summed E-state index contributed by atoms with van der Waals surface area (Å²) in [6, 6.07) is 19.0. The molecule has 0 fully saturated rings. The van der Waals surface area contributed by atoms with Gasteiger partial charge in [-0.25, -0.2) is 4.98 Å². The number of benzene rings is 3. The lowest BCUT2D eigenvalue weighted by atomic mass is 10.1. The summed E-state index contributed by atoms with van der Waals surface area (Å²) in [5.41, 5.74) is 1.32. The third-order valence-electron chi connectivity index (χ3n) is 4.50. The van der Waals surface area contributed by atoms with Crippen LogP contribution in [0.4, 0.5) is 5.69 Å². The van der Waals surface area contributed by atoms with Gasteiger partial charge in [0.2, 0.25) is 0 Å². The molecule has 0 amide bonds. The van der Waals surface area contributed by atoms with Crippen molar-refractivity contribution < 1.29 is 4.92 Å². The highest BCUT2D eigenvalue weighted by Gasteiger charge is 2.15. The lowest BCUT2D eigenvalue weighted by molar-refractivity contribution is -0.385. The van der Waals surface area contributed by atoms with Crippen LogP contribution in [-0.2, 0) is 0 Å². The van der Waals surface area contributed by atoms with Gasteiger partial charge < -0.3 is 0 Å². The number of para-hydroxylation sites is 2. The number of nitrogens with zero attached hydrogens (tertiary/aromatic N) is 3. The summed E-state index contributed by atoms with van der Waals surface area (Å²) in [6.07, 6.45) is 3.21. The molecule has 6 nitrogen and oxygen atoms in total. The van der Waals surface area contributed by atoms with Gasteiger partial charge in [-0.3, -0.25) is 19.5 Å². The van der Waals surface area contributed by atoms with Crippen molar-refractivity contribution in [1.29, 1.82) is 0 Å². The molecule has 0 atom stereocenters. The molecule has 1 aromatic heterocycles. The summed E-state index contributed by atoms with van der Waals surface area (Å²) >= 11 is 6.95. The molecule has 0 N–H and O–H groups in total. The van der Waals surface area contributed by atoms with Gasteiger partial charge in [0, 0.05) is 15.0 Å². The first-order valence-electron chi connectivity index (χ1n) is 8.84. The van der Waals surface area contributed by atoms with Gasteiger partial charge in [-0.1, -0.05) is 40.2 Å².